The molecule has 0 spiro atoms. The van der Waals surface area contributed by atoms with Crippen molar-refractivity contribution < 1.29 is 0 Å². The molecule has 0 bridgehead atoms. The van der Waals surface area contributed by atoms with Crippen molar-refractivity contribution in [3.05, 3.63) is 0 Å². The SMILES string of the molecule is CN[C@@H](S)[C@@H](N)NC. The molecular weight excluding hydrogens is 122 g/mol. The van der Waals surface area contributed by atoms with Crippen LogP contribution in [0.1, 0.15) is 0 Å². The average Bonchev–Trinajstić information content (AvgIpc) is 1.84. The molecule has 0 amide bonds. The number of nitrogens with two attached hydrogens (primary N) is 1. The molecule has 0 saturated heterocycles. The summed E-state index contributed by atoms with van der Waals surface area (Å²) in [7, 11) is 3.61. The first-order chi connectivity index (χ1) is 3.72. The molecule has 0 aromatic heterocycles. The summed E-state index contributed by atoms with van der Waals surface area (Å²) < 4.78 is 0. The van der Waals surface area contributed by atoms with Gasteiger partial charge < -0.3 is 16.4 Å². The van der Waals surface area contributed by atoms with Crippen LogP contribution in [0.15, 0.2) is 0 Å². The minimum absolute atomic E-state index is 0.0278. The fourth-order valence-corrected chi connectivity index (χ4v) is 0.486. The number of hydrogen-bond donors (Lipinski definition) is 4. The van der Waals surface area contributed by atoms with E-state index in [0.717, 1.165) is 0 Å². The van der Waals surface area contributed by atoms with Gasteiger partial charge in [0.05, 0.1) is 11.5 Å². The molecule has 0 rings (SSSR count). The highest BCUT2D eigenvalue weighted by atomic mass is 32.1. The molecule has 0 aliphatic rings. The molecule has 0 heterocycles. The second kappa shape index (κ2) is 4.14. The van der Waals surface area contributed by atoms with Crippen LogP contribution in [0.4, 0.5) is 0 Å². The third kappa shape index (κ3) is 2.52. The van der Waals surface area contributed by atoms with Crippen molar-refractivity contribution in [3.8, 4) is 0 Å². The van der Waals surface area contributed by atoms with Gasteiger partial charge in [-0.05, 0) is 14.1 Å². The van der Waals surface area contributed by atoms with Crippen molar-refractivity contribution in [2.75, 3.05) is 14.1 Å². The maximum absolute atomic E-state index is 5.48. The topological polar surface area (TPSA) is 50.1 Å². The van der Waals surface area contributed by atoms with Crippen LogP contribution in [0.2, 0.25) is 0 Å². The molecule has 0 aromatic rings. The first kappa shape index (κ1) is 8.23. The van der Waals surface area contributed by atoms with E-state index in [9.17, 15) is 0 Å². The summed E-state index contributed by atoms with van der Waals surface area (Å²) in [6, 6.07) is 0. The predicted molar refractivity (Wildman–Crippen MR) is 38.9 cm³/mol. The third-order valence-electron chi connectivity index (χ3n) is 0.969. The Bertz CT molecular complexity index is 51.2. The molecule has 3 nitrogen and oxygen atoms in total. The van der Waals surface area contributed by atoms with Crippen molar-refractivity contribution in [1.82, 2.24) is 10.6 Å². The van der Waals surface area contributed by atoms with Gasteiger partial charge in [-0.1, -0.05) is 0 Å². The van der Waals surface area contributed by atoms with E-state index in [1.807, 2.05) is 7.05 Å². The molecule has 0 aliphatic carbocycles. The summed E-state index contributed by atoms with van der Waals surface area (Å²) in [6.45, 7) is 0. The Morgan fingerprint density at radius 2 is 1.88 bits per heavy atom. The maximum Gasteiger partial charge on any atom is 0.0796 e. The molecule has 0 saturated carbocycles. The summed E-state index contributed by atoms with van der Waals surface area (Å²) in [5.74, 6) is 0. The number of thiol groups is 1. The predicted octanol–water partition coefficient (Wildman–Crippen LogP) is -1.03. The fourth-order valence-electron chi connectivity index (χ4n) is 0.337. The van der Waals surface area contributed by atoms with E-state index in [2.05, 4.69) is 23.3 Å². The summed E-state index contributed by atoms with van der Waals surface area (Å²) in [5.41, 5.74) is 5.48. The highest BCUT2D eigenvalue weighted by Gasteiger charge is 2.05. The van der Waals surface area contributed by atoms with Gasteiger partial charge >= 0.3 is 0 Å². The summed E-state index contributed by atoms with van der Waals surface area (Å²) >= 11 is 4.11. The van der Waals surface area contributed by atoms with Crippen LogP contribution in [0.3, 0.4) is 0 Å². The first-order valence-corrected chi connectivity index (χ1v) is 3.02. The molecular formula is C4H13N3S. The van der Waals surface area contributed by atoms with E-state index >= 15 is 0 Å². The second-order valence-corrected chi connectivity index (χ2v) is 2.10. The first-order valence-electron chi connectivity index (χ1n) is 2.50. The summed E-state index contributed by atoms with van der Waals surface area (Å²) in [5, 5.41) is 5.77. The smallest absolute Gasteiger partial charge is 0.0796 e. The van der Waals surface area contributed by atoms with E-state index in [-0.39, 0.29) is 11.5 Å². The van der Waals surface area contributed by atoms with E-state index in [0.29, 0.717) is 0 Å². The summed E-state index contributed by atoms with van der Waals surface area (Å²) in [6.07, 6.45) is -0.0802. The van der Waals surface area contributed by atoms with Crippen molar-refractivity contribution in [2.45, 2.75) is 11.5 Å². The molecule has 4 heteroatoms. The van der Waals surface area contributed by atoms with Crippen molar-refractivity contribution in [3.63, 3.8) is 0 Å². The van der Waals surface area contributed by atoms with Crippen LogP contribution in [0, 0.1) is 0 Å². The molecule has 2 atom stereocenters. The van der Waals surface area contributed by atoms with Gasteiger partial charge in [0.25, 0.3) is 0 Å². The Morgan fingerprint density at radius 3 is 2.00 bits per heavy atom. The molecule has 0 fully saturated rings. The van der Waals surface area contributed by atoms with Gasteiger partial charge in [0.15, 0.2) is 0 Å². The number of likely N-dealkylation sites (N-methyl/N-ethyl adjacent to an activating group) is 2. The van der Waals surface area contributed by atoms with Gasteiger partial charge in [-0.3, -0.25) is 0 Å². The molecule has 0 aliphatic heterocycles. The van der Waals surface area contributed by atoms with Crippen LogP contribution < -0.4 is 16.4 Å². The zero-order chi connectivity index (χ0) is 6.57. The minimum Gasteiger partial charge on any atom is -0.314 e. The molecule has 0 radical (unpaired) electrons. The number of rotatable bonds is 3. The van der Waals surface area contributed by atoms with Crippen LogP contribution >= 0.6 is 12.6 Å². The molecule has 4 N–H and O–H groups in total. The lowest BCUT2D eigenvalue weighted by molar-refractivity contribution is 0.521. The normalized spacial score (nSPS) is 18.0. The Balaban J connectivity index is 3.29. The second-order valence-electron chi connectivity index (χ2n) is 1.55. The van der Waals surface area contributed by atoms with Crippen molar-refractivity contribution >= 4 is 12.6 Å². The Kier molecular flexibility index (Phi) is 4.26. The molecule has 0 aromatic carbocycles. The third-order valence-corrected chi connectivity index (χ3v) is 1.55. The zero-order valence-corrected chi connectivity index (χ0v) is 6.07. The zero-order valence-electron chi connectivity index (χ0n) is 5.18. The van der Waals surface area contributed by atoms with Gasteiger partial charge in [-0.25, -0.2) is 0 Å². The lowest BCUT2D eigenvalue weighted by atomic mass is 10.5. The Morgan fingerprint density at radius 1 is 1.38 bits per heavy atom. The quantitative estimate of drug-likeness (QED) is 0.295. The van der Waals surface area contributed by atoms with E-state index < -0.39 is 0 Å². The van der Waals surface area contributed by atoms with Gasteiger partial charge in [-0.2, -0.15) is 12.6 Å². The lowest BCUT2D eigenvalue weighted by Gasteiger charge is -2.16. The summed E-state index contributed by atoms with van der Waals surface area (Å²) in [4.78, 5) is 0. The van der Waals surface area contributed by atoms with E-state index in [4.69, 9.17) is 5.73 Å². The Labute approximate surface area is 55.4 Å². The maximum atomic E-state index is 5.48. The Hall–Kier alpha value is 0.230. The minimum atomic E-state index is -0.0802. The number of nitrogens with one attached hydrogen (secondary N) is 2. The van der Waals surface area contributed by atoms with Gasteiger partial charge in [0.2, 0.25) is 0 Å². The highest BCUT2D eigenvalue weighted by molar-refractivity contribution is 7.81. The van der Waals surface area contributed by atoms with Gasteiger partial charge in [-0.15, -0.1) is 0 Å². The van der Waals surface area contributed by atoms with E-state index in [1.54, 1.807) is 7.05 Å². The van der Waals surface area contributed by atoms with Crippen molar-refractivity contribution in [2.24, 2.45) is 5.73 Å². The van der Waals surface area contributed by atoms with Crippen LogP contribution in [-0.4, -0.2) is 25.6 Å². The van der Waals surface area contributed by atoms with Crippen LogP contribution in [0.25, 0.3) is 0 Å². The average molecular weight is 135 g/mol. The molecule has 0 unspecified atom stereocenters. The van der Waals surface area contributed by atoms with Crippen LogP contribution in [0.5, 0.6) is 0 Å². The van der Waals surface area contributed by atoms with E-state index in [1.165, 1.54) is 0 Å². The fraction of sp³-hybridized carbons (Fsp3) is 1.00. The standard InChI is InChI=1S/C4H13N3S/c1-6-3(5)4(8)7-2/h3-4,6-8H,5H2,1-2H3/t3-,4-/m0/s1. The largest absolute Gasteiger partial charge is 0.314 e. The van der Waals surface area contributed by atoms with Gasteiger partial charge in [0.1, 0.15) is 0 Å². The highest BCUT2D eigenvalue weighted by Crippen LogP contribution is 1.88. The van der Waals surface area contributed by atoms with Crippen LogP contribution in [-0.2, 0) is 0 Å². The van der Waals surface area contributed by atoms with Gasteiger partial charge in [0, 0.05) is 0 Å². The molecule has 50 valence electrons. The monoisotopic (exact) mass is 135 g/mol. The lowest BCUT2D eigenvalue weighted by Crippen LogP contribution is -2.48. The number of hydrogen-bond acceptors (Lipinski definition) is 4. The molecule has 8 heavy (non-hydrogen) atoms. The van der Waals surface area contributed by atoms with Crippen molar-refractivity contribution in [1.29, 1.82) is 0 Å².